The Morgan fingerprint density at radius 1 is 1.00 bits per heavy atom. The van der Waals surface area contributed by atoms with Gasteiger partial charge in [-0.1, -0.05) is 35.4 Å². The van der Waals surface area contributed by atoms with Crippen LogP contribution < -0.4 is 10.1 Å². The molecule has 0 spiro atoms. The lowest BCUT2D eigenvalue weighted by atomic mass is 10.0. The number of aryl methyl sites for hydroxylation is 3. The Bertz CT molecular complexity index is 604. The Morgan fingerprint density at radius 3 is 2.29 bits per heavy atom. The van der Waals surface area contributed by atoms with Gasteiger partial charge in [0, 0.05) is 0 Å². The van der Waals surface area contributed by atoms with Crippen molar-refractivity contribution < 1.29 is 9.13 Å². The number of hydrogen-bond acceptors (Lipinski definition) is 2. The average Bonchev–Trinajstić information content (AvgIpc) is 2.42. The molecule has 0 aliphatic rings. The third-order valence-electron chi connectivity index (χ3n) is 3.49. The summed E-state index contributed by atoms with van der Waals surface area (Å²) in [6, 6.07) is 11.3. The van der Waals surface area contributed by atoms with E-state index in [1.54, 1.807) is 12.1 Å². The molecule has 0 aromatic heterocycles. The minimum absolute atomic E-state index is 0.0310. The first-order valence-electron chi connectivity index (χ1n) is 7.14. The molecule has 0 radical (unpaired) electrons. The van der Waals surface area contributed by atoms with Crippen molar-refractivity contribution in [3.8, 4) is 5.75 Å². The van der Waals surface area contributed by atoms with Crippen molar-refractivity contribution in [1.29, 1.82) is 0 Å². The molecule has 0 saturated heterocycles. The van der Waals surface area contributed by atoms with E-state index < -0.39 is 0 Å². The summed E-state index contributed by atoms with van der Waals surface area (Å²) in [7, 11) is 1.89. The maximum Gasteiger partial charge on any atom is 0.165 e. The Hall–Kier alpha value is -1.87. The molecule has 0 bridgehead atoms. The minimum Gasteiger partial charge on any atom is -0.489 e. The van der Waals surface area contributed by atoms with Crippen LogP contribution in [-0.4, -0.2) is 13.7 Å². The number of rotatable bonds is 5. The van der Waals surface area contributed by atoms with E-state index in [1.807, 2.05) is 14.0 Å². The van der Waals surface area contributed by atoms with Crippen molar-refractivity contribution >= 4 is 0 Å². The predicted octanol–water partition coefficient (Wildman–Crippen LogP) is 4.09. The molecule has 0 aliphatic heterocycles. The van der Waals surface area contributed by atoms with Gasteiger partial charge in [0.25, 0.3) is 0 Å². The maximum atomic E-state index is 13.7. The predicted molar refractivity (Wildman–Crippen MR) is 84.3 cm³/mol. The lowest BCUT2D eigenvalue weighted by molar-refractivity contribution is 0.261. The standard InChI is InChI=1S/C18H22FNO/c1-12-5-6-16(19)18(10-12)21-11-17(20-4)15-8-13(2)7-14(3)9-15/h5-10,17,20H,11H2,1-4H3. The van der Waals surface area contributed by atoms with Gasteiger partial charge in [0.1, 0.15) is 6.61 Å². The zero-order chi connectivity index (χ0) is 15.4. The first-order chi connectivity index (χ1) is 9.99. The summed E-state index contributed by atoms with van der Waals surface area (Å²) in [4.78, 5) is 0. The molecular weight excluding hydrogens is 265 g/mol. The topological polar surface area (TPSA) is 21.3 Å². The molecule has 1 atom stereocenters. The van der Waals surface area contributed by atoms with E-state index in [2.05, 4.69) is 37.4 Å². The van der Waals surface area contributed by atoms with Gasteiger partial charge in [-0.05, 0) is 51.1 Å². The summed E-state index contributed by atoms with van der Waals surface area (Å²) in [6.45, 7) is 6.46. The second kappa shape index (κ2) is 6.72. The van der Waals surface area contributed by atoms with Gasteiger partial charge >= 0.3 is 0 Å². The second-order valence-electron chi connectivity index (χ2n) is 5.51. The largest absolute Gasteiger partial charge is 0.489 e. The van der Waals surface area contributed by atoms with Gasteiger partial charge < -0.3 is 10.1 Å². The Labute approximate surface area is 126 Å². The molecule has 112 valence electrons. The van der Waals surface area contributed by atoms with E-state index in [0.29, 0.717) is 12.4 Å². The quantitative estimate of drug-likeness (QED) is 0.894. The normalized spacial score (nSPS) is 12.2. The highest BCUT2D eigenvalue weighted by molar-refractivity contribution is 5.32. The molecule has 0 saturated carbocycles. The van der Waals surface area contributed by atoms with E-state index in [0.717, 1.165) is 11.1 Å². The van der Waals surface area contributed by atoms with Gasteiger partial charge in [-0.3, -0.25) is 0 Å². The van der Waals surface area contributed by atoms with E-state index in [9.17, 15) is 4.39 Å². The average molecular weight is 287 g/mol. The number of halogens is 1. The molecule has 0 aliphatic carbocycles. The summed E-state index contributed by atoms with van der Waals surface area (Å²) in [6.07, 6.45) is 0. The zero-order valence-electron chi connectivity index (χ0n) is 13.0. The summed E-state index contributed by atoms with van der Waals surface area (Å²) in [5.74, 6) is -0.0181. The Balaban J connectivity index is 2.14. The smallest absolute Gasteiger partial charge is 0.165 e. The maximum absolute atomic E-state index is 13.7. The van der Waals surface area contributed by atoms with Crippen LogP contribution in [0.2, 0.25) is 0 Å². The van der Waals surface area contributed by atoms with E-state index >= 15 is 0 Å². The fraction of sp³-hybridized carbons (Fsp3) is 0.333. The number of hydrogen-bond donors (Lipinski definition) is 1. The third kappa shape index (κ3) is 4.05. The van der Waals surface area contributed by atoms with Crippen molar-refractivity contribution in [2.24, 2.45) is 0 Å². The van der Waals surface area contributed by atoms with E-state index in [1.165, 1.54) is 17.2 Å². The molecule has 2 aromatic rings. The molecule has 1 N–H and O–H groups in total. The van der Waals surface area contributed by atoms with Crippen LogP contribution >= 0.6 is 0 Å². The SMILES string of the molecule is CNC(COc1cc(C)ccc1F)c1cc(C)cc(C)c1. The van der Waals surface area contributed by atoms with Crippen LogP contribution in [0.3, 0.4) is 0 Å². The minimum atomic E-state index is -0.323. The summed E-state index contributed by atoms with van der Waals surface area (Å²) in [5.41, 5.74) is 4.57. The Morgan fingerprint density at radius 2 is 1.67 bits per heavy atom. The van der Waals surface area contributed by atoms with Crippen LogP contribution in [0.4, 0.5) is 4.39 Å². The molecule has 2 aromatic carbocycles. The molecule has 21 heavy (non-hydrogen) atoms. The molecule has 2 rings (SSSR count). The first-order valence-corrected chi connectivity index (χ1v) is 7.14. The first kappa shape index (κ1) is 15.5. The van der Waals surface area contributed by atoms with Crippen LogP contribution in [0.5, 0.6) is 5.75 Å². The number of ether oxygens (including phenoxy) is 1. The summed E-state index contributed by atoms with van der Waals surface area (Å²) < 4.78 is 19.4. The molecule has 0 fully saturated rings. The van der Waals surface area contributed by atoms with Crippen LogP contribution in [-0.2, 0) is 0 Å². The van der Waals surface area contributed by atoms with Crippen molar-refractivity contribution in [2.45, 2.75) is 26.8 Å². The van der Waals surface area contributed by atoms with Crippen LogP contribution in [0.25, 0.3) is 0 Å². The van der Waals surface area contributed by atoms with Crippen molar-refractivity contribution in [3.63, 3.8) is 0 Å². The molecule has 0 amide bonds. The monoisotopic (exact) mass is 287 g/mol. The van der Waals surface area contributed by atoms with Crippen molar-refractivity contribution in [3.05, 3.63) is 64.5 Å². The summed E-state index contributed by atoms with van der Waals surface area (Å²) in [5, 5.41) is 3.23. The lowest BCUT2D eigenvalue weighted by Crippen LogP contribution is -2.23. The number of nitrogens with one attached hydrogen (secondary N) is 1. The number of benzene rings is 2. The van der Waals surface area contributed by atoms with Gasteiger partial charge in [0.2, 0.25) is 0 Å². The molecule has 1 unspecified atom stereocenters. The second-order valence-corrected chi connectivity index (χ2v) is 5.51. The molecule has 3 heteroatoms. The van der Waals surface area contributed by atoms with Gasteiger partial charge in [0.05, 0.1) is 6.04 Å². The van der Waals surface area contributed by atoms with Crippen molar-refractivity contribution in [2.75, 3.05) is 13.7 Å². The fourth-order valence-corrected chi connectivity index (χ4v) is 2.45. The van der Waals surface area contributed by atoms with Crippen LogP contribution in [0.1, 0.15) is 28.3 Å². The van der Waals surface area contributed by atoms with Gasteiger partial charge in [-0.25, -0.2) is 4.39 Å². The van der Waals surface area contributed by atoms with Crippen LogP contribution in [0.15, 0.2) is 36.4 Å². The van der Waals surface area contributed by atoms with Gasteiger partial charge in [0.15, 0.2) is 11.6 Å². The van der Waals surface area contributed by atoms with E-state index in [4.69, 9.17) is 4.74 Å². The fourth-order valence-electron chi connectivity index (χ4n) is 2.45. The lowest BCUT2D eigenvalue weighted by Gasteiger charge is -2.19. The van der Waals surface area contributed by atoms with Gasteiger partial charge in [-0.2, -0.15) is 0 Å². The highest BCUT2D eigenvalue weighted by atomic mass is 19.1. The Kier molecular flexibility index (Phi) is 4.97. The number of likely N-dealkylation sites (N-methyl/N-ethyl adjacent to an activating group) is 1. The van der Waals surface area contributed by atoms with E-state index in [-0.39, 0.29) is 11.9 Å². The zero-order valence-corrected chi connectivity index (χ0v) is 13.0. The molecule has 2 nitrogen and oxygen atoms in total. The molecule has 0 heterocycles. The van der Waals surface area contributed by atoms with Crippen LogP contribution in [0, 0.1) is 26.6 Å². The van der Waals surface area contributed by atoms with Gasteiger partial charge in [-0.15, -0.1) is 0 Å². The van der Waals surface area contributed by atoms with Crippen molar-refractivity contribution in [1.82, 2.24) is 5.32 Å². The third-order valence-corrected chi connectivity index (χ3v) is 3.49. The summed E-state index contributed by atoms with van der Waals surface area (Å²) >= 11 is 0. The highest BCUT2D eigenvalue weighted by Crippen LogP contribution is 2.22. The molecular formula is C18H22FNO. The highest BCUT2D eigenvalue weighted by Gasteiger charge is 2.12.